The molecule has 0 saturated heterocycles. The van der Waals surface area contributed by atoms with Crippen LogP contribution in [0.4, 0.5) is 10.9 Å². The molecule has 0 radical (unpaired) electrons. The van der Waals surface area contributed by atoms with E-state index in [0.717, 1.165) is 36.2 Å². The van der Waals surface area contributed by atoms with Crippen molar-refractivity contribution in [1.82, 2.24) is 15.3 Å². The predicted molar refractivity (Wildman–Crippen MR) is 76.4 cm³/mol. The van der Waals surface area contributed by atoms with Crippen molar-refractivity contribution < 1.29 is 0 Å². The summed E-state index contributed by atoms with van der Waals surface area (Å²) in [4.78, 5) is 10.0. The lowest BCUT2D eigenvalue weighted by Crippen LogP contribution is -2.14. The molecule has 0 aliphatic carbocycles. The van der Waals surface area contributed by atoms with Crippen LogP contribution < -0.4 is 10.6 Å². The van der Waals surface area contributed by atoms with Crippen molar-refractivity contribution in [2.24, 2.45) is 0 Å². The van der Waals surface area contributed by atoms with Gasteiger partial charge in [0.25, 0.3) is 0 Å². The summed E-state index contributed by atoms with van der Waals surface area (Å²) in [6.07, 6.45) is 3.00. The third-order valence-electron chi connectivity index (χ3n) is 2.40. The van der Waals surface area contributed by atoms with E-state index in [1.54, 1.807) is 11.3 Å². The Labute approximate surface area is 111 Å². The van der Waals surface area contributed by atoms with E-state index >= 15 is 0 Å². The molecule has 96 valence electrons. The first-order chi connectivity index (χ1) is 8.78. The summed E-state index contributed by atoms with van der Waals surface area (Å²) in [5.41, 5.74) is 1.04. The van der Waals surface area contributed by atoms with Gasteiger partial charge in [-0.15, -0.1) is 11.3 Å². The minimum atomic E-state index is 0.806. The van der Waals surface area contributed by atoms with Gasteiger partial charge >= 0.3 is 0 Å². The number of aryl methyl sites for hydroxylation is 1. The van der Waals surface area contributed by atoms with Crippen LogP contribution in [0.3, 0.4) is 0 Å². The molecule has 0 unspecified atom stereocenters. The summed E-state index contributed by atoms with van der Waals surface area (Å²) in [5, 5.41) is 7.45. The van der Waals surface area contributed by atoms with Crippen molar-refractivity contribution >= 4 is 22.3 Å². The van der Waals surface area contributed by atoms with E-state index in [0.29, 0.717) is 0 Å². The highest BCUT2D eigenvalue weighted by Crippen LogP contribution is 2.20. The second-order valence-electron chi connectivity index (χ2n) is 4.09. The Hall–Kier alpha value is -1.46. The molecule has 4 nitrogen and oxygen atoms in total. The van der Waals surface area contributed by atoms with Crippen LogP contribution in [0.15, 0.2) is 24.4 Å². The average molecular weight is 262 g/mol. The Kier molecular flexibility index (Phi) is 4.66. The number of aromatic nitrogens is 2. The maximum absolute atomic E-state index is 4.54. The highest BCUT2D eigenvalue weighted by molar-refractivity contribution is 7.15. The summed E-state index contributed by atoms with van der Waals surface area (Å²) in [6.45, 7) is 6.02. The number of anilines is 2. The van der Waals surface area contributed by atoms with E-state index in [-0.39, 0.29) is 0 Å². The molecule has 2 rings (SSSR count). The largest absolute Gasteiger partial charge is 0.316 e. The molecule has 2 aromatic rings. The van der Waals surface area contributed by atoms with E-state index in [2.05, 4.69) is 27.5 Å². The number of pyridine rings is 1. The lowest BCUT2D eigenvalue weighted by Gasteiger charge is -2.05. The zero-order valence-electron chi connectivity index (χ0n) is 10.7. The van der Waals surface area contributed by atoms with Gasteiger partial charge in [-0.05, 0) is 32.0 Å². The van der Waals surface area contributed by atoms with Crippen LogP contribution in [-0.2, 0) is 6.54 Å². The normalized spacial score (nSPS) is 10.6. The monoisotopic (exact) mass is 262 g/mol. The van der Waals surface area contributed by atoms with Crippen molar-refractivity contribution in [3.05, 3.63) is 35.0 Å². The zero-order chi connectivity index (χ0) is 12.8. The quantitative estimate of drug-likeness (QED) is 0.785. The number of hydrogen-bond acceptors (Lipinski definition) is 5. The van der Waals surface area contributed by atoms with Gasteiger partial charge in [0.1, 0.15) is 5.82 Å². The van der Waals surface area contributed by atoms with Gasteiger partial charge in [-0.25, -0.2) is 9.97 Å². The van der Waals surface area contributed by atoms with Crippen LogP contribution in [0.1, 0.15) is 23.9 Å². The second-order valence-corrected chi connectivity index (χ2v) is 5.33. The molecule has 0 spiro atoms. The van der Waals surface area contributed by atoms with E-state index in [1.165, 1.54) is 4.88 Å². The molecule has 0 aromatic carbocycles. The van der Waals surface area contributed by atoms with E-state index < -0.39 is 0 Å². The molecule has 0 amide bonds. The minimum Gasteiger partial charge on any atom is -0.316 e. The van der Waals surface area contributed by atoms with E-state index in [9.17, 15) is 0 Å². The van der Waals surface area contributed by atoms with Gasteiger partial charge in [0, 0.05) is 17.6 Å². The van der Waals surface area contributed by atoms with E-state index in [1.807, 2.05) is 31.3 Å². The second kappa shape index (κ2) is 6.47. The van der Waals surface area contributed by atoms with Gasteiger partial charge in [-0.3, -0.25) is 0 Å². The van der Waals surface area contributed by atoms with Crippen molar-refractivity contribution in [1.29, 1.82) is 0 Å². The van der Waals surface area contributed by atoms with Crippen LogP contribution in [0.5, 0.6) is 0 Å². The van der Waals surface area contributed by atoms with Gasteiger partial charge in [0.2, 0.25) is 0 Å². The molecule has 2 heterocycles. The third kappa shape index (κ3) is 3.78. The lowest BCUT2D eigenvalue weighted by molar-refractivity contribution is 0.665. The SMILES string of the molecule is CCCNCc1cccc(Nc2ncc(C)s2)n1. The summed E-state index contributed by atoms with van der Waals surface area (Å²) in [6, 6.07) is 6.00. The summed E-state index contributed by atoms with van der Waals surface area (Å²) in [5.74, 6) is 0.847. The average Bonchev–Trinajstić information content (AvgIpc) is 2.76. The van der Waals surface area contributed by atoms with Crippen LogP contribution in [0, 0.1) is 6.92 Å². The molecular weight excluding hydrogens is 244 g/mol. The Morgan fingerprint density at radius 2 is 2.22 bits per heavy atom. The van der Waals surface area contributed by atoms with Gasteiger partial charge in [0.15, 0.2) is 5.13 Å². The van der Waals surface area contributed by atoms with Crippen LogP contribution in [0.2, 0.25) is 0 Å². The van der Waals surface area contributed by atoms with Crippen LogP contribution >= 0.6 is 11.3 Å². The fraction of sp³-hybridized carbons (Fsp3) is 0.385. The maximum atomic E-state index is 4.54. The first-order valence-corrected chi connectivity index (χ1v) is 6.95. The van der Waals surface area contributed by atoms with Gasteiger partial charge in [-0.1, -0.05) is 13.0 Å². The fourth-order valence-corrected chi connectivity index (χ4v) is 2.23. The summed E-state index contributed by atoms with van der Waals surface area (Å²) < 4.78 is 0. The van der Waals surface area contributed by atoms with Crippen molar-refractivity contribution in [2.45, 2.75) is 26.8 Å². The van der Waals surface area contributed by atoms with Crippen molar-refractivity contribution in [2.75, 3.05) is 11.9 Å². The molecule has 0 bridgehead atoms. The molecule has 0 saturated carbocycles. The molecule has 0 aliphatic rings. The zero-order valence-corrected chi connectivity index (χ0v) is 11.5. The highest BCUT2D eigenvalue weighted by Gasteiger charge is 2.01. The first kappa shape index (κ1) is 13.0. The Balaban J connectivity index is 1.98. The number of nitrogens with zero attached hydrogens (tertiary/aromatic N) is 2. The standard InChI is InChI=1S/C13H18N4S/c1-3-7-14-9-11-5-4-6-12(16-11)17-13-15-8-10(2)18-13/h4-6,8,14H,3,7,9H2,1-2H3,(H,15,16,17). The number of hydrogen-bond donors (Lipinski definition) is 2. The molecule has 0 fully saturated rings. The molecule has 18 heavy (non-hydrogen) atoms. The van der Waals surface area contributed by atoms with Crippen molar-refractivity contribution in [3.8, 4) is 0 Å². The Morgan fingerprint density at radius 1 is 1.33 bits per heavy atom. The topological polar surface area (TPSA) is 49.8 Å². The Morgan fingerprint density at radius 3 is 2.94 bits per heavy atom. The lowest BCUT2D eigenvalue weighted by atomic mass is 10.3. The number of nitrogens with one attached hydrogen (secondary N) is 2. The third-order valence-corrected chi connectivity index (χ3v) is 3.22. The molecular formula is C13H18N4S. The molecule has 2 N–H and O–H groups in total. The smallest absolute Gasteiger partial charge is 0.188 e. The predicted octanol–water partition coefficient (Wildman–Crippen LogP) is 3.09. The fourth-order valence-electron chi connectivity index (χ4n) is 1.56. The van der Waals surface area contributed by atoms with Gasteiger partial charge < -0.3 is 10.6 Å². The number of thiazole rings is 1. The number of rotatable bonds is 6. The highest BCUT2D eigenvalue weighted by atomic mass is 32.1. The first-order valence-electron chi connectivity index (χ1n) is 6.14. The summed E-state index contributed by atoms with van der Waals surface area (Å²) >= 11 is 1.63. The molecule has 2 aromatic heterocycles. The minimum absolute atomic E-state index is 0.806. The molecule has 0 aliphatic heterocycles. The maximum Gasteiger partial charge on any atom is 0.188 e. The van der Waals surface area contributed by atoms with Gasteiger partial charge in [-0.2, -0.15) is 0 Å². The van der Waals surface area contributed by atoms with E-state index in [4.69, 9.17) is 0 Å². The van der Waals surface area contributed by atoms with Gasteiger partial charge in [0.05, 0.1) is 5.69 Å². The van der Waals surface area contributed by atoms with Crippen LogP contribution in [-0.4, -0.2) is 16.5 Å². The Bertz CT molecular complexity index is 495. The summed E-state index contributed by atoms with van der Waals surface area (Å²) in [7, 11) is 0. The van der Waals surface area contributed by atoms with Crippen LogP contribution in [0.25, 0.3) is 0 Å². The molecule has 0 atom stereocenters. The van der Waals surface area contributed by atoms with Crippen molar-refractivity contribution in [3.63, 3.8) is 0 Å². The molecule has 5 heteroatoms.